The molecule has 0 heterocycles. The number of nitrogens with one attached hydrogen (secondary N) is 1. The van der Waals surface area contributed by atoms with E-state index in [4.69, 9.17) is 10.00 Å². The van der Waals surface area contributed by atoms with E-state index in [1.54, 1.807) is 24.3 Å². The summed E-state index contributed by atoms with van der Waals surface area (Å²) in [5.41, 5.74) is 0.541. The topological polar surface area (TPSA) is 82.3 Å². The molecule has 1 amide bonds. The first-order valence-corrected chi connectivity index (χ1v) is 6.23. The average Bonchev–Trinajstić information content (AvgIpc) is 2.44. The molecule has 19 heavy (non-hydrogen) atoms. The number of hydrogen-bond donors (Lipinski definition) is 2. The molecule has 1 atom stereocenters. The highest BCUT2D eigenvalue weighted by Gasteiger charge is 2.06. The normalized spacial score (nSPS) is 11.4. The largest absolute Gasteiger partial charge is 0.484 e. The third kappa shape index (κ3) is 5.89. The van der Waals surface area contributed by atoms with Crippen LogP contribution in [0.3, 0.4) is 0 Å². The highest BCUT2D eigenvalue weighted by molar-refractivity contribution is 5.77. The summed E-state index contributed by atoms with van der Waals surface area (Å²) in [4.78, 5) is 11.4. The van der Waals surface area contributed by atoms with Gasteiger partial charge in [0.25, 0.3) is 5.91 Å². The highest BCUT2D eigenvalue weighted by Crippen LogP contribution is 2.11. The van der Waals surface area contributed by atoms with Gasteiger partial charge >= 0.3 is 0 Å². The number of hydrogen-bond acceptors (Lipinski definition) is 4. The van der Waals surface area contributed by atoms with Crippen LogP contribution in [0.1, 0.15) is 25.3 Å². The van der Waals surface area contributed by atoms with E-state index in [0.717, 1.165) is 6.42 Å². The Kier molecular flexibility index (Phi) is 6.41. The van der Waals surface area contributed by atoms with Crippen molar-refractivity contribution >= 4 is 5.91 Å². The molecule has 0 spiro atoms. The Balaban J connectivity index is 2.28. The fraction of sp³-hybridized carbons (Fsp3) is 0.429. The third-order valence-electron chi connectivity index (χ3n) is 2.51. The van der Waals surface area contributed by atoms with Gasteiger partial charge in [0.1, 0.15) is 5.75 Å². The lowest BCUT2D eigenvalue weighted by Crippen LogP contribution is -2.35. The van der Waals surface area contributed by atoms with E-state index in [2.05, 4.69) is 5.32 Å². The van der Waals surface area contributed by atoms with E-state index in [-0.39, 0.29) is 19.1 Å². The molecule has 0 bridgehead atoms. The minimum atomic E-state index is -0.510. The van der Waals surface area contributed by atoms with Crippen molar-refractivity contribution in [2.45, 2.75) is 25.9 Å². The molecule has 102 valence electrons. The van der Waals surface area contributed by atoms with Crippen LogP contribution in [0.25, 0.3) is 0 Å². The summed E-state index contributed by atoms with van der Waals surface area (Å²) in [6.07, 6.45) is 1.03. The molecule has 0 saturated heterocycles. The molecule has 5 nitrogen and oxygen atoms in total. The molecular formula is C14H18N2O3. The van der Waals surface area contributed by atoms with Crippen LogP contribution in [0, 0.1) is 11.3 Å². The van der Waals surface area contributed by atoms with Gasteiger partial charge < -0.3 is 15.2 Å². The van der Waals surface area contributed by atoms with Gasteiger partial charge in [-0.15, -0.1) is 0 Å². The Morgan fingerprint density at radius 1 is 1.47 bits per heavy atom. The second kappa shape index (κ2) is 8.11. The lowest BCUT2D eigenvalue weighted by atomic mass is 10.2. The molecule has 0 saturated carbocycles. The van der Waals surface area contributed by atoms with Crippen molar-refractivity contribution in [3.8, 4) is 11.8 Å². The Morgan fingerprint density at radius 3 is 2.74 bits per heavy atom. The van der Waals surface area contributed by atoms with Crippen molar-refractivity contribution in [3.05, 3.63) is 29.8 Å². The van der Waals surface area contributed by atoms with Gasteiger partial charge in [-0.3, -0.25) is 4.79 Å². The minimum Gasteiger partial charge on any atom is -0.484 e. The molecular weight excluding hydrogens is 244 g/mol. The zero-order valence-electron chi connectivity index (χ0n) is 10.9. The van der Waals surface area contributed by atoms with Crippen molar-refractivity contribution in [2.75, 3.05) is 13.2 Å². The summed E-state index contributed by atoms with van der Waals surface area (Å²) in [7, 11) is 0. The predicted molar refractivity (Wildman–Crippen MR) is 70.6 cm³/mol. The summed E-state index contributed by atoms with van der Waals surface area (Å²) < 4.78 is 5.26. The van der Waals surface area contributed by atoms with Gasteiger partial charge in [0.05, 0.1) is 17.7 Å². The molecule has 0 aromatic heterocycles. The molecule has 0 radical (unpaired) electrons. The van der Waals surface area contributed by atoms with Crippen LogP contribution in [0.15, 0.2) is 24.3 Å². The van der Waals surface area contributed by atoms with Gasteiger partial charge in [-0.1, -0.05) is 13.3 Å². The van der Waals surface area contributed by atoms with Crippen LogP contribution in [-0.4, -0.2) is 30.3 Å². The lowest BCUT2D eigenvalue weighted by molar-refractivity contribution is -0.123. The van der Waals surface area contributed by atoms with E-state index >= 15 is 0 Å². The predicted octanol–water partition coefficient (Wildman–Crippen LogP) is 1.21. The fourth-order valence-corrected chi connectivity index (χ4v) is 1.49. The van der Waals surface area contributed by atoms with Crippen molar-refractivity contribution < 1.29 is 14.6 Å². The van der Waals surface area contributed by atoms with Crippen molar-refractivity contribution in [2.24, 2.45) is 0 Å². The average molecular weight is 262 g/mol. The van der Waals surface area contributed by atoms with E-state index in [1.807, 2.05) is 13.0 Å². The van der Waals surface area contributed by atoms with Crippen LogP contribution < -0.4 is 10.1 Å². The molecule has 1 rings (SSSR count). The first-order chi connectivity index (χ1) is 9.15. The third-order valence-corrected chi connectivity index (χ3v) is 2.51. The number of carbonyl (C=O) groups excluding carboxylic acids is 1. The number of nitriles is 1. The second-order valence-corrected chi connectivity index (χ2v) is 4.17. The zero-order chi connectivity index (χ0) is 14.1. The molecule has 1 unspecified atom stereocenters. The molecule has 2 N–H and O–H groups in total. The summed E-state index contributed by atoms with van der Waals surface area (Å²) in [5, 5.41) is 20.7. The Morgan fingerprint density at radius 2 is 2.16 bits per heavy atom. The van der Waals surface area contributed by atoms with E-state index < -0.39 is 6.10 Å². The molecule has 0 aliphatic rings. The maximum Gasteiger partial charge on any atom is 0.258 e. The van der Waals surface area contributed by atoms with Gasteiger partial charge in [0.15, 0.2) is 6.61 Å². The molecule has 1 aromatic rings. The second-order valence-electron chi connectivity index (χ2n) is 4.17. The maximum atomic E-state index is 11.4. The van der Waals surface area contributed by atoms with Crippen LogP contribution in [0.5, 0.6) is 5.75 Å². The number of ether oxygens (including phenoxy) is 1. The van der Waals surface area contributed by atoms with Crippen LogP contribution >= 0.6 is 0 Å². The molecule has 1 aromatic carbocycles. The maximum absolute atomic E-state index is 11.4. The van der Waals surface area contributed by atoms with Crippen molar-refractivity contribution in [1.29, 1.82) is 5.26 Å². The zero-order valence-corrected chi connectivity index (χ0v) is 10.9. The molecule has 0 aliphatic carbocycles. The number of aliphatic hydroxyl groups is 1. The molecule has 0 fully saturated rings. The van der Waals surface area contributed by atoms with Gasteiger partial charge in [-0.25, -0.2) is 0 Å². The van der Waals surface area contributed by atoms with E-state index in [9.17, 15) is 9.90 Å². The lowest BCUT2D eigenvalue weighted by Gasteiger charge is -2.11. The van der Waals surface area contributed by atoms with Gasteiger partial charge in [-0.2, -0.15) is 5.26 Å². The Bertz CT molecular complexity index is 437. The Hall–Kier alpha value is -2.06. The van der Waals surface area contributed by atoms with Crippen molar-refractivity contribution in [1.82, 2.24) is 5.32 Å². The van der Waals surface area contributed by atoms with Gasteiger partial charge in [0.2, 0.25) is 0 Å². The monoisotopic (exact) mass is 262 g/mol. The summed E-state index contributed by atoms with van der Waals surface area (Å²) in [5.74, 6) is 0.253. The van der Waals surface area contributed by atoms with Crippen molar-refractivity contribution in [3.63, 3.8) is 0 Å². The highest BCUT2D eigenvalue weighted by atomic mass is 16.5. The first-order valence-electron chi connectivity index (χ1n) is 6.23. The minimum absolute atomic E-state index is 0.106. The van der Waals surface area contributed by atoms with E-state index in [1.165, 1.54) is 0 Å². The van der Waals surface area contributed by atoms with Crippen LogP contribution in [-0.2, 0) is 4.79 Å². The first kappa shape index (κ1) is 15.0. The van der Waals surface area contributed by atoms with Crippen LogP contribution in [0.4, 0.5) is 0 Å². The number of nitrogens with zero attached hydrogens (tertiary/aromatic N) is 1. The standard InChI is InChI=1S/C14H18N2O3/c1-2-3-12(17)9-16-14(18)10-19-13-6-4-11(8-15)5-7-13/h4-7,12,17H,2-3,9-10H2,1H3,(H,16,18). The summed E-state index contributed by atoms with van der Waals surface area (Å²) in [6.45, 7) is 2.10. The fourth-order valence-electron chi connectivity index (χ4n) is 1.49. The van der Waals surface area contributed by atoms with Gasteiger partial charge in [0, 0.05) is 6.54 Å². The summed E-state index contributed by atoms with van der Waals surface area (Å²) in [6, 6.07) is 8.52. The number of carbonyl (C=O) groups is 1. The van der Waals surface area contributed by atoms with Crippen LogP contribution in [0.2, 0.25) is 0 Å². The quantitative estimate of drug-likeness (QED) is 0.774. The number of rotatable bonds is 7. The SMILES string of the molecule is CCCC(O)CNC(=O)COc1ccc(C#N)cc1. The number of amides is 1. The van der Waals surface area contributed by atoms with E-state index in [0.29, 0.717) is 17.7 Å². The number of benzene rings is 1. The Labute approximate surface area is 112 Å². The van der Waals surface area contributed by atoms with Gasteiger partial charge in [-0.05, 0) is 30.7 Å². The number of aliphatic hydroxyl groups excluding tert-OH is 1. The molecule has 5 heteroatoms. The smallest absolute Gasteiger partial charge is 0.258 e. The molecule has 0 aliphatic heterocycles. The summed E-state index contributed by atoms with van der Waals surface area (Å²) >= 11 is 0.